The van der Waals surface area contributed by atoms with Gasteiger partial charge in [-0.1, -0.05) is 25.1 Å². The molecule has 1 rings (SSSR count). The number of hydrogen-bond donors (Lipinski definition) is 0. The van der Waals surface area contributed by atoms with E-state index < -0.39 is 5.97 Å². The van der Waals surface area contributed by atoms with Gasteiger partial charge in [0.25, 0.3) is 0 Å². The average molecular weight is 263 g/mol. The molecule has 4 heteroatoms. The smallest absolute Gasteiger partial charge is 0.365 e. The minimum Gasteiger partial charge on any atom is -0.473 e. The van der Waals surface area contributed by atoms with Gasteiger partial charge in [0.2, 0.25) is 5.90 Å². The third-order valence-electron chi connectivity index (χ3n) is 2.13. The number of carbonyl (C=O) groups excluding carboxylic acids is 1. The second-order valence-corrected chi connectivity index (χ2v) is 5.19. The quantitative estimate of drug-likeness (QED) is 0.359. The van der Waals surface area contributed by atoms with Gasteiger partial charge in [-0.05, 0) is 44.5 Å². The summed E-state index contributed by atoms with van der Waals surface area (Å²) >= 11 is 0. The van der Waals surface area contributed by atoms with Crippen LogP contribution in [-0.4, -0.2) is 17.5 Å². The topological polar surface area (TPSA) is 47.9 Å². The summed E-state index contributed by atoms with van der Waals surface area (Å²) in [6.07, 6.45) is 1.51. The molecule has 0 aliphatic heterocycles. The van der Waals surface area contributed by atoms with E-state index in [1.54, 1.807) is 24.3 Å². The van der Waals surface area contributed by atoms with Crippen LogP contribution in [0.4, 0.5) is 0 Å². The van der Waals surface area contributed by atoms with Crippen molar-refractivity contribution >= 4 is 11.9 Å². The summed E-state index contributed by atoms with van der Waals surface area (Å²) in [4.78, 5) is 16.6. The molecule has 1 aromatic carbocycles. The molecule has 1 aromatic rings. The summed E-state index contributed by atoms with van der Waals surface area (Å²) in [6, 6.07) is 8.76. The fraction of sp³-hybridized carbons (Fsp3) is 0.467. The Morgan fingerprint density at radius 2 is 1.84 bits per heavy atom. The molecule has 0 radical (unpaired) electrons. The predicted molar refractivity (Wildman–Crippen MR) is 75.0 cm³/mol. The zero-order valence-electron chi connectivity index (χ0n) is 12.0. The first-order valence-electron chi connectivity index (χ1n) is 6.44. The molecule has 0 saturated heterocycles. The number of carbonyl (C=O) groups is 1. The van der Waals surface area contributed by atoms with Crippen molar-refractivity contribution in [3.63, 3.8) is 0 Å². The lowest BCUT2D eigenvalue weighted by molar-refractivity contribution is 0.0458. The summed E-state index contributed by atoms with van der Waals surface area (Å²) in [7, 11) is 0. The second-order valence-electron chi connectivity index (χ2n) is 5.19. The number of oxime groups is 1. The fourth-order valence-corrected chi connectivity index (χ4v) is 1.40. The lowest BCUT2D eigenvalue weighted by Crippen LogP contribution is -2.24. The molecule has 0 N–H and O–H groups in total. The zero-order chi connectivity index (χ0) is 14.3. The predicted octanol–water partition coefficient (Wildman–Crippen LogP) is 3.77. The summed E-state index contributed by atoms with van der Waals surface area (Å²) in [5, 5.41) is 3.82. The van der Waals surface area contributed by atoms with Crippen molar-refractivity contribution in [1.82, 2.24) is 0 Å². The number of nitrogens with zero attached hydrogens (tertiary/aromatic N) is 1. The van der Waals surface area contributed by atoms with E-state index in [-0.39, 0.29) is 5.60 Å². The number of rotatable bonds is 4. The van der Waals surface area contributed by atoms with Gasteiger partial charge in [-0.25, -0.2) is 4.79 Å². The highest BCUT2D eigenvalue weighted by molar-refractivity contribution is 5.89. The van der Waals surface area contributed by atoms with E-state index in [1.807, 2.05) is 33.8 Å². The highest BCUT2D eigenvalue weighted by atomic mass is 16.7. The van der Waals surface area contributed by atoms with E-state index in [0.717, 1.165) is 6.42 Å². The fourth-order valence-electron chi connectivity index (χ4n) is 1.40. The van der Waals surface area contributed by atoms with Crippen LogP contribution < -0.4 is 0 Å². The molecule has 0 unspecified atom stereocenters. The van der Waals surface area contributed by atoms with Crippen LogP contribution in [0.2, 0.25) is 0 Å². The molecule has 4 nitrogen and oxygen atoms in total. The molecule has 0 aromatic heterocycles. The van der Waals surface area contributed by atoms with Gasteiger partial charge in [-0.2, -0.15) is 0 Å². The Bertz CT molecular complexity index is 432. The van der Waals surface area contributed by atoms with E-state index in [4.69, 9.17) is 9.57 Å². The summed E-state index contributed by atoms with van der Waals surface area (Å²) in [5.74, 6) is -0.0361. The maximum atomic E-state index is 11.7. The van der Waals surface area contributed by atoms with Crippen LogP contribution >= 0.6 is 0 Å². The minimum atomic E-state index is -0.480. The Morgan fingerprint density at radius 3 is 2.37 bits per heavy atom. The Kier molecular flexibility index (Phi) is 5.55. The van der Waals surface area contributed by atoms with Crippen LogP contribution in [0.15, 0.2) is 35.5 Å². The molecule has 0 atom stereocenters. The van der Waals surface area contributed by atoms with Crippen molar-refractivity contribution in [3.8, 4) is 0 Å². The highest BCUT2D eigenvalue weighted by Gasteiger charge is 2.15. The van der Waals surface area contributed by atoms with Gasteiger partial charge in [-0.15, -0.1) is 0 Å². The van der Waals surface area contributed by atoms with Gasteiger partial charge >= 0.3 is 5.97 Å². The molecular formula is C15H21NO3. The van der Waals surface area contributed by atoms with Crippen molar-refractivity contribution in [2.45, 2.75) is 46.1 Å². The monoisotopic (exact) mass is 263 g/mol. The first-order valence-corrected chi connectivity index (χ1v) is 6.44. The van der Waals surface area contributed by atoms with E-state index in [1.165, 1.54) is 0 Å². The zero-order valence-corrected chi connectivity index (χ0v) is 12.0. The molecule has 0 amide bonds. The number of benzene rings is 1. The Balaban J connectivity index is 2.68. The van der Waals surface area contributed by atoms with E-state index in [9.17, 15) is 4.79 Å². The number of ether oxygens (including phenoxy) is 1. The van der Waals surface area contributed by atoms with Crippen molar-refractivity contribution < 1.29 is 14.4 Å². The average Bonchev–Trinajstić information content (AvgIpc) is 2.35. The summed E-state index contributed by atoms with van der Waals surface area (Å²) < 4.78 is 5.64. The molecular weight excluding hydrogens is 242 g/mol. The van der Waals surface area contributed by atoms with Crippen LogP contribution in [0.3, 0.4) is 0 Å². The summed E-state index contributed by atoms with van der Waals surface area (Å²) in [5.41, 5.74) is 0.116. The Labute approximate surface area is 114 Å². The number of hydrogen-bond acceptors (Lipinski definition) is 4. The van der Waals surface area contributed by atoms with Gasteiger partial charge < -0.3 is 9.57 Å². The first kappa shape index (κ1) is 15.2. The molecule has 0 spiro atoms. The van der Waals surface area contributed by atoms with E-state index >= 15 is 0 Å². The molecule has 0 aliphatic carbocycles. The molecule has 0 fully saturated rings. The Morgan fingerprint density at radius 1 is 1.21 bits per heavy atom. The van der Waals surface area contributed by atoms with Crippen molar-refractivity contribution in [1.29, 1.82) is 0 Å². The third kappa shape index (κ3) is 6.04. The van der Waals surface area contributed by atoms with E-state index in [0.29, 0.717) is 17.9 Å². The highest BCUT2D eigenvalue weighted by Crippen LogP contribution is 2.11. The largest absolute Gasteiger partial charge is 0.473 e. The normalized spacial score (nSPS) is 12.1. The lowest BCUT2D eigenvalue weighted by Gasteiger charge is -2.21. The van der Waals surface area contributed by atoms with Crippen molar-refractivity contribution in [2.24, 2.45) is 5.16 Å². The minimum absolute atomic E-state index is 0.354. The maximum Gasteiger partial charge on any atom is 0.365 e. The molecule has 19 heavy (non-hydrogen) atoms. The van der Waals surface area contributed by atoms with Gasteiger partial charge in [0, 0.05) is 6.42 Å². The van der Waals surface area contributed by atoms with Crippen LogP contribution in [-0.2, 0) is 9.57 Å². The van der Waals surface area contributed by atoms with Gasteiger partial charge in [-0.3, -0.25) is 0 Å². The molecule has 0 bridgehead atoms. The van der Waals surface area contributed by atoms with Gasteiger partial charge in [0.15, 0.2) is 0 Å². The van der Waals surface area contributed by atoms with Gasteiger partial charge in [0.05, 0.1) is 5.56 Å². The molecule has 0 heterocycles. The van der Waals surface area contributed by atoms with Gasteiger partial charge in [0.1, 0.15) is 5.60 Å². The third-order valence-corrected chi connectivity index (χ3v) is 2.13. The van der Waals surface area contributed by atoms with Crippen LogP contribution in [0.1, 0.15) is 50.9 Å². The second kappa shape index (κ2) is 6.92. The first-order chi connectivity index (χ1) is 8.92. The maximum absolute atomic E-state index is 11.7. The molecule has 0 saturated carbocycles. The van der Waals surface area contributed by atoms with E-state index in [2.05, 4.69) is 5.16 Å². The van der Waals surface area contributed by atoms with Crippen molar-refractivity contribution in [3.05, 3.63) is 35.9 Å². The van der Waals surface area contributed by atoms with Crippen LogP contribution in [0.5, 0.6) is 0 Å². The lowest BCUT2D eigenvalue weighted by atomic mass is 10.2. The standard InChI is InChI=1S/C15H21NO3/c1-5-9-13(18-15(2,3)4)16-19-14(17)12-10-7-6-8-11-12/h6-8,10-11H,5,9H2,1-4H3. The molecule has 104 valence electrons. The SMILES string of the molecule is CCCC(=NOC(=O)c1ccccc1)OC(C)(C)C. The molecule has 0 aliphatic rings. The summed E-state index contributed by atoms with van der Waals surface area (Å²) in [6.45, 7) is 7.80. The Hall–Kier alpha value is -1.84. The van der Waals surface area contributed by atoms with Crippen LogP contribution in [0.25, 0.3) is 0 Å². The van der Waals surface area contributed by atoms with Crippen LogP contribution in [0, 0.1) is 0 Å². The van der Waals surface area contributed by atoms with Crippen molar-refractivity contribution in [2.75, 3.05) is 0 Å².